The van der Waals surface area contributed by atoms with Crippen molar-refractivity contribution in [3.8, 4) is 11.5 Å². The van der Waals surface area contributed by atoms with Crippen molar-refractivity contribution in [3.63, 3.8) is 0 Å². The Balaban J connectivity index is 0.00000288. The summed E-state index contributed by atoms with van der Waals surface area (Å²) in [6, 6.07) is 5.86. The molecule has 0 aromatic heterocycles. The predicted octanol–water partition coefficient (Wildman–Crippen LogP) is 3.52. The van der Waals surface area contributed by atoms with Gasteiger partial charge in [-0.05, 0) is 30.9 Å². The first kappa shape index (κ1) is 20.9. The highest BCUT2D eigenvalue weighted by molar-refractivity contribution is 14.0. The number of nitrogens with zero attached hydrogens (tertiary/aromatic N) is 2. The smallest absolute Gasteiger partial charge is 0.194 e. The largest absolute Gasteiger partial charge is 0.497 e. The maximum Gasteiger partial charge on any atom is 0.194 e. The van der Waals surface area contributed by atoms with Crippen LogP contribution in [0.4, 0.5) is 0 Å². The number of rotatable bonds is 5. The molecule has 0 spiro atoms. The SMILES string of the molecule is CCNC(=NCc1ccc(OC)cc1OC)N1CCC(C)(C)C1.I. The first-order valence-corrected chi connectivity index (χ1v) is 8.23. The molecule has 0 bridgehead atoms. The Hall–Kier alpha value is -1.18. The molecule has 1 aliphatic rings. The minimum atomic E-state index is 0. The number of guanidine groups is 1. The monoisotopic (exact) mass is 447 g/mol. The van der Waals surface area contributed by atoms with E-state index in [0.29, 0.717) is 12.0 Å². The minimum Gasteiger partial charge on any atom is -0.497 e. The molecule has 0 atom stereocenters. The first-order valence-electron chi connectivity index (χ1n) is 8.23. The van der Waals surface area contributed by atoms with Gasteiger partial charge in [0, 0.05) is 31.3 Å². The third-order valence-corrected chi connectivity index (χ3v) is 4.21. The summed E-state index contributed by atoms with van der Waals surface area (Å²) in [4.78, 5) is 7.15. The van der Waals surface area contributed by atoms with Crippen molar-refractivity contribution in [3.05, 3.63) is 23.8 Å². The minimum absolute atomic E-state index is 0. The van der Waals surface area contributed by atoms with E-state index in [-0.39, 0.29) is 24.0 Å². The Bertz CT molecular complexity index is 561. The molecule has 1 aliphatic heterocycles. The topological polar surface area (TPSA) is 46.1 Å². The molecule has 1 aromatic carbocycles. The quantitative estimate of drug-likeness (QED) is 0.426. The Morgan fingerprint density at radius 2 is 2.04 bits per heavy atom. The van der Waals surface area contributed by atoms with Gasteiger partial charge < -0.3 is 19.7 Å². The van der Waals surface area contributed by atoms with Crippen LogP contribution in [0.15, 0.2) is 23.2 Å². The van der Waals surface area contributed by atoms with Crippen LogP contribution in [0.2, 0.25) is 0 Å². The molecule has 1 N–H and O–H groups in total. The summed E-state index contributed by atoms with van der Waals surface area (Å²) in [5.41, 5.74) is 1.41. The summed E-state index contributed by atoms with van der Waals surface area (Å²) < 4.78 is 10.7. The van der Waals surface area contributed by atoms with Gasteiger partial charge in [-0.2, -0.15) is 0 Å². The van der Waals surface area contributed by atoms with Gasteiger partial charge in [0.05, 0.1) is 20.8 Å². The van der Waals surface area contributed by atoms with Crippen LogP contribution < -0.4 is 14.8 Å². The van der Waals surface area contributed by atoms with E-state index in [9.17, 15) is 0 Å². The maximum absolute atomic E-state index is 5.46. The highest BCUT2D eigenvalue weighted by Gasteiger charge is 2.30. The Kier molecular flexibility index (Phi) is 8.12. The van der Waals surface area contributed by atoms with Crippen molar-refractivity contribution in [2.24, 2.45) is 10.4 Å². The van der Waals surface area contributed by atoms with Crippen LogP contribution in [-0.4, -0.2) is 44.7 Å². The van der Waals surface area contributed by atoms with Crippen LogP contribution >= 0.6 is 24.0 Å². The third kappa shape index (κ3) is 5.43. The Morgan fingerprint density at radius 3 is 2.58 bits per heavy atom. The lowest BCUT2D eigenvalue weighted by atomic mass is 9.93. The number of aliphatic imine (C=N–C) groups is 1. The summed E-state index contributed by atoms with van der Waals surface area (Å²) in [5, 5.41) is 3.40. The second-order valence-electron chi connectivity index (χ2n) is 6.68. The van der Waals surface area contributed by atoms with Gasteiger partial charge in [-0.3, -0.25) is 0 Å². The van der Waals surface area contributed by atoms with E-state index in [0.717, 1.165) is 42.7 Å². The molecular weight excluding hydrogens is 417 g/mol. The number of hydrogen-bond donors (Lipinski definition) is 1. The average Bonchev–Trinajstić information content (AvgIpc) is 2.91. The number of ether oxygens (including phenoxy) is 2. The van der Waals surface area contributed by atoms with Crippen LogP contribution in [-0.2, 0) is 6.54 Å². The second-order valence-corrected chi connectivity index (χ2v) is 6.68. The molecule has 1 saturated heterocycles. The summed E-state index contributed by atoms with van der Waals surface area (Å²) >= 11 is 0. The zero-order valence-corrected chi connectivity index (χ0v) is 17.7. The molecule has 1 heterocycles. The highest BCUT2D eigenvalue weighted by atomic mass is 127. The van der Waals surface area contributed by atoms with Crippen LogP contribution in [0.1, 0.15) is 32.8 Å². The number of nitrogens with one attached hydrogen (secondary N) is 1. The van der Waals surface area contributed by atoms with Gasteiger partial charge in [-0.1, -0.05) is 13.8 Å². The fourth-order valence-corrected chi connectivity index (χ4v) is 2.86. The molecule has 0 radical (unpaired) electrons. The van der Waals surface area contributed by atoms with Crippen molar-refractivity contribution >= 4 is 29.9 Å². The Labute approximate surface area is 162 Å². The normalized spacial score (nSPS) is 16.5. The molecule has 136 valence electrons. The molecule has 0 saturated carbocycles. The molecule has 5 nitrogen and oxygen atoms in total. The fraction of sp³-hybridized carbons (Fsp3) is 0.611. The maximum atomic E-state index is 5.46. The zero-order chi connectivity index (χ0) is 16.9. The molecule has 24 heavy (non-hydrogen) atoms. The number of halogens is 1. The van der Waals surface area contributed by atoms with E-state index in [1.54, 1.807) is 14.2 Å². The molecule has 1 aromatic rings. The molecule has 0 aliphatic carbocycles. The molecule has 6 heteroatoms. The van der Waals surface area contributed by atoms with Crippen LogP contribution in [0, 0.1) is 5.41 Å². The van der Waals surface area contributed by atoms with E-state index in [1.807, 2.05) is 18.2 Å². The summed E-state index contributed by atoms with van der Waals surface area (Å²) in [6.45, 7) is 10.3. The second kappa shape index (κ2) is 9.34. The van der Waals surface area contributed by atoms with Gasteiger partial charge in [-0.15, -0.1) is 24.0 Å². The van der Waals surface area contributed by atoms with Crippen LogP contribution in [0.5, 0.6) is 11.5 Å². The summed E-state index contributed by atoms with van der Waals surface area (Å²) in [5.74, 6) is 2.59. The number of methoxy groups -OCH3 is 2. The van der Waals surface area contributed by atoms with Crippen molar-refractivity contribution < 1.29 is 9.47 Å². The molecule has 2 rings (SSSR count). The predicted molar refractivity (Wildman–Crippen MR) is 110 cm³/mol. The van der Waals surface area contributed by atoms with Gasteiger partial charge in [-0.25, -0.2) is 4.99 Å². The van der Waals surface area contributed by atoms with E-state index in [2.05, 4.69) is 31.0 Å². The van der Waals surface area contributed by atoms with Crippen molar-refractivity contribution in [2.45, 2.75) is 33.7 Å². The lowest BCUT2D eigenvalue weighted by Crippen LogP contribution is -2.40. The summed E-state index contributed by atoms with van der Waals surface area (Å²) in [7, 11) is 3.33. The van der Waals surface area contributed by atoms with Crippen molar-refractivity contribution in [1.29, 1.82) is 0 Å². The van der Waals surface area contributed by atoms with Crippen LogP contribution in [0.3, 0.4) is 0 Å². The average molecular weight is 447 g/mol. The van der Waals surface area contributed by atoms with Crippen molar-refractivity contribution in [2.75, 3.05) is 33.9 Å². The lowest BCUT2D eigenvalue weighted by Gasteiger charge is -2.23. The van der Waals surface area contributed by atoms with Gasteiger partial charge in [0.15, 0.2) is 5.96 Å². The zero-order valence-electron chi connectivity index (χ0n) is 15.4. The standard InChI is InChI=1S/C18H29N3O2.HI/c1-6-19-17(21-10-9-18(2,3)13-21)20-12-14-7-8-15(22-4)11-16(14)23-5;/h7-8,11H,6,9-10,12-13H2,1-5H3,(H,19,20);1H. The number of hydrogen-bond acceptors (Lipinski definition) is 3. The van der Waals surface area contributed by atoms with E-state index >= 15 is 0 Å². The number of likely N-dealkylation sites (tertiary alicyclic amines) is 1. The molecule has 0 unspecified atom stereocenters. The van der Waals surface area contributed by atoms with Crippen molar-refractivity contribution in [1.82, 2.24) is 10.2 Å². The van der Waals surface area contributed by atoms with E-state index in [4.69, 9.17) is 14.5 Å². The third-order valence-electron chi connectivity index (χ3n) is 4.21. The molecule has 0 amide bonds. The highest BCUT2D eigenvalue weighted by Crippen LogP contribution is 2.29. The number of benzene rings is 1. The van der Waals surface area contributed by atoms with Crippen LogP contribution in [0.25, 0.3) is 0 Å². The summed E-state index contributed by atoms with van der Waals surface area (Å²) in [6.07, 6.45) is 1.20. The Morgan fingerprint density at radius 1 is 1.29 bits per heavy atom. The fourth-order valence-electron chi connectivity index (χ4n) is 2.86. The van der Waals surface area contributed by atoms with Gasteiger partial charge in [0.25, 0.3) is 0 Å². The van der Waals surface area contributed by atoms with E-state index < -0.39 is 0 Å². The first-order chi connectivity index (χ1) is 11.0. The van der Waals surface area contributed by atoms with Gasteiger partial charge in [0.1, 0.15) is 11.5 Å². The molecule has 1 fully saturated rings. The molecular formula is C18H30IN3O2. The van der Waals surface area contributed by atoms with Gasteiger partial charge >= 0.3 is 0 Å². The lowest BCUT2D eigenvalue weighted by molar-refractivity contribution is 0.370. The van der Waals surface area contributed by atoms with E-state index in [1.165, 1.54) is 6.42 Å². The van der Waals surface area contributed by atoms with Gasteiger partial charge in [0.2, 0.25) is 0 Å².